The molecule has 2 amide bonds. The summed E-state index contributed by atoms with van der Waals surface area (Å²) in [6.07, 6.45) is 4.51. The molecule has 1 N–H and O–H groups in total. The van der Waals surface area contributed by atoms with Crippen molar-refractivity contribution < 1.29 is 23.8 Å². The highest BCUT2D eigenvalue weighted by Crippen LogP contribution is 2.27. The Kier molecular flexibility index (Phi) is 7.00. The Hall–Kier alpha value is -3.71. The highest BCUT2D eigenvalue weighted by Gasteiger charge is 2.31. The number of benzene rings is 3. The van der Waals surface area contributed by atoms with Crippen LogP contribution < -0.4 is 19.5 Å². The van der Waals surface area contributed by atoms with Gasteiger partial charge >= 0.3 is 0 Å². The Morgan fingerprint density at radius 2 is 1.36 bits per heavy atom. The van der Waals surface area contributed by atoms with Gasteiger partial charge in [-0.2, -0.15) is 0 Å². The smallest absolute Gasteiger partial charge is 0.286 e. The van der Waals surface area contributed by atoms with Crippen LogP contribution in [0.2, 0.25) is 0 Å². The molecule has 6 nitrogen and oxygen atoms in total. The summed E-state index contributed by atoms with van der Waals surface area (Å²) < 4.78 is 16.5. The van der Waals surface area contributed by atoms with Gasteiger partial charge in [0.1, 0.15) is 23.0 Å². The first kappa shape index (κ1) is 22.5. The van der Waals surface area contributed by atoms with E-state index in [1.807, 2.05) is 78.9 Å². The highest BCUT2D eigenvalue weighted by atomic mass is 32.2. The van der Waals surface area contributed by atoms with Crippen LogP contribution in [0, 0.1) is 0 Å². The fourth-order valence-corrected chi connectivity index (χ4v) is 4.20. The lowest BCUT2D eigenvalue weighted by Crippen LogP contribution is -2.25. The van der Waals surface area contributed by atoms with E-state index in [0.29, 0.717) is 12.2 Å². The topological polar surface area (TPSA) is 73.9 Å². The average molecular weight is 462 g/mol. The molecule has 168 valence electrons. The number of imide groups is 1. The number of thioether (sulfide) groups is 1. The van der Waals surface area contributed by atoms with Crippen molar-refractivity contribution in [2.45, 2.75) is 11.7 Å². The molecule has 0 radical (unpaired) electrons. The minimum atomic E-state index is -0.372. The van der Waals surface area contributed by atoms with E-state index in [-0.39, 0.29) is 16.4 Å². The lowest BCUT2D eigenvalue weighted by molar-refractivity contribution is -0.118. The van der Waals surface area contributed by atoms with E-state index in [1.54, 1.807) is 14.2 Å². The van der Waals surface area contributed by atoms with Crippen LogP contribution in [-0.4, -0.2) is 30.6 Å². The minimum absolute atomic E-state index is 0.231. The molecule has 0 bridgehead atoms. The standard InChI is InChI=1S/C26H23NO5S/c1-30-22-13-19(14-23(16-22)31-2)4-3-17-5-9-20(10-6-17)32-21-11-7-18(8-12-21)15-24-25(28)27-26(29)33-24/h3-14,16,24H,15H2,1-2H3,(H,27,28,29)/b4-3+. The van der Waals surface area contributed by atoms with Crippen LogP contribution in [-0.2, 0) is 11.2 Å². The Morgan fingerprint density at radius 3 is 1.91 bits per heavy atom. The van der Waals surface area contributed by atoms with E-state index in [2.05, 4.69) is 5.32 Å². The van der Waals surface area contributed by atoms with E-state index < -0.39 is 0 Å². The third-order valence-corrected chi connectivity index (χ3v) is 6.05. The Bertz CT molecular complexity index is 1150. The number of nitrogens with one attached hydrogen (secondary N) is 1. The van der Waals surface area contributed by atoms with Gasteiger partial charge in [-0.15, -0.1) is 0 Å². The molecule has 1 aliphatic heterocycles. The van der Waals surface area contributed by atoms with Gasteiger partial charge in [-0.25, -0.2) is 0 Å². The van der Waals surface area contributed by atoms with Crippen molar-refractivity contribution >= 4 is 35.1 Å². The van der Waals surface area contributed by atoms with Crippen LogP contribution in [0.15, 0.2) is 66.7 Å². The van der Waals surface area contributed by atoms with Gasteiger partial charge in [-0.05, 0) is 59.5 Å². The van der Waals surface area contributed by atoms with Gasteiger partial charge in [-0.3, -0.25) is 14.9 Å². The van der Waals surface area contributed by atoms with Crippen LogP contribution in [0.3, 0.4) is 0 Å². The Labute approximate surface area is 196 Å². The zero-order valence-electron chi connectivity index (χ0n) is 18.2. The summed E-state index contributed by atoms with van der Waals surface area (Å²) in [6.45, 7) is 0. The molecule has 1 unspecified atom stereocenters. The quantitative estimate of drug-likeness (QED) is 0.443. The number of amides is 2. The minimum Gasteiger partial charge on any atom is -0.497 e. The summed E-state index contributed by atoms with van der Waals surface area (Å²) in [7, 11) is 3.26. The SMILES string of the molecule is COc1cc(/C=C/c2ccc(Oc3ccc(CC4SC(=O)NC4=O)cc3)cc2)cc(OC)c1. The molecule has 3 aromatic carbocycles. The Morgan fingerprint density at radius 1 is 0.788 bits per heavy atom. The fraction of sp³-hybridized carbons (Fsp3) is 0.154. The predicted molar refractivity (Wildman–Crippen MR) is 130 cm³/mol. The molecule has 7 heteroatoms. The zero-order chi connectivity index (χ0) is 23.2. The largest absolute Gasteiger partial charge is 0.497 e. The molecule has 1 fully saturated rings. The van der Waals surface area contributed by atoms with E-state index >= 15 is 0 Å². The second-order valence-corrected chi connectivity index (χ2v) is 8.56. The molecule has 1 heterocycles. The van der Waals surface area contributed by atoms with E-state index in [4.69, 9.17) is 14.2 Å². The number of methoxy groups -OCH3 is 2. The third kappa shape index (κ3) is 5.96. The lowest BCUT2D eigenvalue weighted by Gasteiger charge is -2.09. The van der Waals surface area contributed by atoms with E-state index in [1.165, 1.54) is 0 Å². The molecular weight excluding hydrogens is 438 g/mol. The molecule has 33 heavy (non-hydrogen) atoms. The van der Waals surface area contributed by atoms with Gasteiger partial charge in [0.15, 0.2) is 0 Å². The summed E-state index contributed by atoms with van der Waals surface area (Å²) in [4.78, 5) is 23.0. The summed E-state index contributed by atoms with van der Waals surface area (Å²) in [5.41, 5.74) is 2.98. The van der Waals surface area contributed by atoms with Crippen molar-refractivity contribution in [2.75, 3.05) is 14.2 Å². The molecule has 4 rings (SSSR count). The first-order chi connectivity index (χ1) is 16.0. The molecular formula is C26H23NO5S. The van der Waals surface area contributed by atoms with Gasteiger partial charge in [0.05, 0.1) is 19.5 Å². The molecule has 0 spiro atoms. The molecule has 1 saturated heterocycles. The maximum Gasteiger partial charge on any atom is 0.286 e. The van der Waals surface area contributed by atoms with E-state index in [0.717, 1.165) is 45.7 Å². The zero-order valence-corrected chi connectivity index (χ0v) is 19.1. The van der Waals surface area contributed by atoms with Gasteiger partial charge < -0.3 is 14.2 Å². The lowest BCUT2D eigenvalue weighted by atomic mass is 10.1. The maximum absolute atomic E-state index is 11.7. The summed E-state index contributed by atoms with van der Waals surface area (Å²) in [6, 6.07) is 21.0. The van der Waals surface area contributed by atoms with Crippen molar-refractivity contribution in [1.82, 2.24) is 5.32 Å². The summed E-state index contributed by atoms with van der Waals surface area (Å²) in [5.74, 6) is 2.67. The number of ether oxygens (including phenoxy) is 3. The van der Waals surface area contributed by atoms with Crippen molar-refractivity contribution in [3.8, 4) is 23.0 Å². The van der Waals surface area contributed by atoms with E-state index in [9.17, 15) is 9.59 Å². The number of rotatable bonds is 8. The second-order valence-electron chi connectivity index (χ2n) is 7.38. The Balaban J connectivity index is 1.36. The molecule has 0 saturated carbocycles. The average Bonchev–Trinajstić information content (AvgIpc) is 3.15. The first-order valence-electron chi connectivity index (χ1n) is 10.3. The van der Waals surface area contributed by atoms with Gasteiger partial charge in [0, 0.05) is 6.07 Å². The van der Waals surface area contributed by atoms with Crippen LogP contribution in [0.4, 0.5) is 4.79 Å². The number of hydrogen-bond donors (Lipinski definition) is 1. The summed E-state index contributed by atoms with van der Waals surface area (Å²) in [5, 5.41) is 1.65. The molecule has 1 aliphatic rings. The van der Waals surface area contributed by atoms with Crippen LogP contribution in [0.5, 0.6) is 23.0 Å². The van der Waals surface area contributed by atoms with Crippen LogP contribution in [0.1, 0.15) is 16.7 Å². The third-order valence-electron chi connectivity index (χ3n) is 5.07. The van der Waals surface area contributed by atoms with Gasteiger partial charge in [0.25, 0.3) is 5.24 Å². The number of carbonyl (C=O) groups excluding carboxylic acids is 2. The predicted octanol–water partition coefficient (Wildman–Crippen LogP) is 5.56. The second kappa shape index (κ2) is 10.3. The van der Waals surface area contributed by atoms with Crippen LogP contribution >= 0.6 is 11.8 Å². The summed E-state index contributed by atoms with van der Waals surface area (Å²) >= 11 is 1.03. The van der Waals surface area contributed by atoms with Gasteiger partial charge in [-0.1, -0.05) is 48.2 Å². The number of carbonyl (C=O) groups is 2. The first-order valence-corrected chi connectivity index (χ1v) is 11.2. The molecule has 3 aromatic rings. The van der Waals surface area contributed by atoms with Crippen molar-refractivity contribution in [2.24, 2.45) is 0 Å². The monoisotopic (exact) mass is 461 g/mol. The molecule has 1 atom stereocenters. The van der Waals surface area contributed by atoms with Crippen molar-refractivity contribution in [3.63, 3.8) is 0 Å². The fourth-order valence-electron chi connectivity index (χ4n) is 3.34. The maximum atomic E-state index is 11.7. The normalized spacial score (nSPS) is 15.5. The van der Waals surface area contributed by atoms with Crippen molar-refractivity contribution in [3.05, 3.63) is 83.4 Å². The molecule has 0 aliphatic carbocycles. The van der Waals surface area contributed by atoms with Crippen LogP contribution in [0.25, 0.3) is 12.2 Å². The van der Waals surface area contributed by atoms with Crippen molar-refractivity contribution in [1.29, 1.82) is 0 Å². The molecule has 0 aromatic heterocycles. The highest BCUT2D eigenvalue weighted by molar-refractivity contribution is 8.15. The van der Waals surface area contributed by atoms with Gasteiger partial charge in [0.2, 0.25) is 5.91 Å². The number of hydrogen-bond acceptors (Lipinski definition) is 6.